The summed E-state index contributed by atoms with van der Waals surface area (Å²) in [7, 11) is 0. The van der Waals surface area contributed by atoms with Gasteiger partial charge in [0.1, 0.15) is 77.4 Å². The van der Waals surface area contributed by atoms with Crippen LogP contribution in [-0.4, -0.2) is 284 Å². The number of fused-ring (bicyclic) bond motifs is 5. The molecule has 730 valence electrons. The standard InChI is InChI=1S/C21H21F3N8.C20H18N8.2C19H19BrN8.C18H18BrN9/c1-12-10-31(13(2)19(29-12)14-3-5-25-7-14)17-4-6-26-20(30-17)15-8-28-18-9-27-16(11-32(15)18)21(22,23)24;21-9-15-13-28-17(10-25-19(28)11-24-15)20-23-7-5-18(26-20)27-8-2-3-14(12-27)16-4-1-6-22-16;1-12-9-27(10-14(25-12)13-2-4-21-6-13)17-3-5-22-19(26-17)15-7-24-18-8-23-16(20)11-28(15)18;1-12-18(13-2-4-21-8-13)22-6-7-27(12)16-3-5-23-19(26-16)14-9-25-17-10-24-15(20)11-28(14)17;1-11-17(12-6-24-25-7-12)27(5-4-20-11)15-2-3-21-18(26-15)13-8-23-16-9-22-14(19)10-28(13)16/h3-4,6-9,11-13,19,29H,5,10H2,1-2H3;4-7,10-11,13-14H,1-3,8,12H2;2-3,5-8,11-12,14,25H,4,9-10H2,1H3;2-3,5,8-12,18,22H,4,6-7H2,1H3;2-3,6-11,17,20H,4-5H2,1H3,(H,24,25). The Kier molecular flexibility index (Phi) is 27.6. The van der Waals surface area contributed by atoms with E-state index in [4.69, 9.17) is 30.2 Å². The van der Waals surface area contributed by atoms with Crippen molar-refractivity contribution in [3.63, 3.8) is 0 Å². The zero-order valence-corrected chi connectivity index (χ0v) is 83.2. The molecule has 0 bridgehead atoms. The van der Waals surface area contributed by atoms with Gasteiger partial charge in [0.25, 0.3) is 0 Å². The van der Waals surface area contributed by atoms with Crippen LogP contribution in [-0.2, 0) is 6.18 Å². The van der Waals surface area contributed by atoms with Crippen LogP contribution >= 0.6 is 47.8 Å². The number of piperazine rings is 4. The number of nitrogens with one attached hydrogen (secondary N) is 5. The minimum absolute atomic E-state index is 0.0907. The number of hydrogen-bond donors (Lipinski definition) is 5. The SMILES string of the molecule is CC1C(C2=CCN=C2)NCCN1c1ccnc(-c2cnc3cnc(Br)cn23)n1.CC1CN(c2ccnc(-c3cnc4cnc(Br)cn34)n2)CC(C2=CCN=C2)N1.CC1CN(c2ccnc(-c3cnc4cnc(C(F)(F)F)cn34)n2)C(C)C(C2=CCN=C2)N1.CC1NCCN(c2ccnc(-c3cnc4cnc(Br)cn34)n2)C1c1cn[nH]c1.N#Cc1cn2c(-c3nccc(N4CCCC(C5=CCC=N5)C4)n3)cnc2cn1. The molecule has 0 spiro atoms. The number of aliphatic imine (C=N–C) groups is 4. The van der Waals surface area contributed by atoms with Gasteiger partial charge in [0.15, 0.2) is 68.7 Å². The Balaban J connectivity index is 0.000000106. The Hall–Kier alpha value is -15.1. The molecule has 25 rings (SSSR count). The topological polar surface area (TPSA) is 446 Å². The predicted molar refractivity (Wildman–Crippen MR) is 550 cm³/mol. The zero-order chi connectivity index (χ0) is 98.6. The van der Waals surface area contributed by atoms with Gasteiger partial charge >= 0.3 is 6.18 Å². The first kappa shape index (κ1) is 95.1. The fraction of sp³-hybridized carbons (Fsp3) is 0.320. The summed E-state index contributed by atoms with van der Waals surface area (Å²) in [5, 5.41) is 30.6. The van der Waals surface area contributed by atoms with Crippen molar-refractivity contribution in [2.45, 2.75) is 114 Å². The number of halogens is 6. The monoisotopic (exact) mass is 2130 g/mol. The Morgan fingerprint density at radius 3 is 1.40 bits per heavy atom. The third-order valence-electron chi connectivity index (χ3n) is 26.3. The van der Waals surface area contributed by atoms with Crippen molar-refractivity contribution in [2.75, 3.05) is 103 Å². The van der Waals surface area contributed by atoms with Gasteiger partial charge in [-0.3, -0.25) is 47.1 Å². The number of nitriles is 1. The van der Waals surface area contributed by atoms with Crippen molar-refractivity contribution < 1.29 is 13.2 Å². The van der Waals surface area contributed by atoms with Crippen molar-refractivity contribution in [1.82, 2.24) is 153 Å². The largest absolute Gasteiger partial charge is 0.434 e. The van der Waals surface area contributed by atoms with E-state index < -0.39 is 11.9 Å². The van der Waals surface area contributed by atoms with Crippen molar-refractivity contribution >= 4 is 130 Å². The molecule has 0 aliphatic carbocycles. The van der Waals surface area contributed by atoms with E-state index >= 15 is 0 Å². The van der Waals surface area contributed by atoms with Crippen LogP contribution in [0.1, 0.15) is 76.9 Å². The molecular weight excluding hydrogens is 2040 g/mol. The molecule has 5 N–H and O–H groups in total. The molecule has 41 nitrogen and oxygen atoms in total. The maximum absolute atomic E-state index is 13.2. The van der Waals surface area contributed by atoms with Crippen LogP contribution in [0, 0.1) is 17.2 Å². The van der Waals surface area contributed by atoms with Crippen molar-refractivity contribution in [2.24, 2.45) is 25.9 Å². The summed E-state index contributed by atoms with van der Waals surface area (Å²) >= 11 is 10.2. The van der Waals surface area contributed by atoms with E-state index in [2.05, 4.69) is 263 Å². The fourth-order valence-electron chi connectivity index (χ4n) is 19.4. The molecule has 9 aliphatic heterocycles. The molecule has 5 fully saturated rings. The van der Waals surface area contributed by atoms with Crippen LogP contribution in [0.3, 0.4) is 0 Å². The maximum Gasteiger partial charge on any atom is 0.434 e. The highest BCUT2D eigenvalue weighted by molar-refractivity contribution is 9.11. The third kappa shape index (κ3) is 20.4. The van der Waals surface area contributed by atoms with Gasteiger partial charge in [0, 0.05) is 206 Å². The number of H-pyrrole nitrogens is 1. The van der Waals surface area contributed by atoms with E-state index in [1.807, 2.05) is 116 Å². The summed E-state index contributed by atoms with van der Waals surface area (Å²) in [5.74, 6) is 7.58. The highest BCUT2D eigenvalue weighted by Gasteiger charge is 2.39. The fourth-order valence-corrected chi connectivity index (χ4v) is 20.3. The Labute approximate surface area is 847 Å². The second kappa shape index (κ2) is 41.8. The van der Waals surface area contributed by atoms with Crippen LogP contribution in [0.25, 0.3) is 85.8 Å². The summed E-state index contributed by atoms with van der Waals surface area (Å²) in [6.07, 6.45) is 52.4. The van der Waals surface area contributed by atoms with Gasteiger partial charge in [-0.25, -0.2) is 99.7 Å². The number of imidazole rings is 5. The van der Waals surface area contributed by atoms with Gasteiger partial charge in [-0.15, -0.1) is 0 Å². The van der Waals surface area contributed by atoms with E-state index in [0.29, 0.717) is 76.1 Å². The Morgan fingerprint density at radius 2 is 0.889 bits per heavy atom. The van der Waals surface area contributed by atoms with Gasteiger partial charge < -0.3 is 45.8 Å². The van der Waals surface area contributed by atoms with Gasteiger partial charge in [-0.2, -0.15) is 23.5 Å². The molecule has 0 saturated carbocycles. The van der Waals surface area contributed by atoms with Gasteiger partial charge in [-0.05, 0) is 142 Å². The predicted octanol–water partition coefficient (Wildman–Crippen LogP) is 11.9. The lowest BCUT2D eigenvalue weighted by atomic mass is 9.95. The number of rotatable bonds is 15. The lowest BCUT2D eigenvalue weighted by Crippen LogP contribution is -2.61. The zero-order valence-electron chi connectivity index (χ0n) is 78.5. The van der Waals surface area contributed by atoms with E-state index in [9.17, 15) is 13.2 Å². The summed E-state index contributed by atoms with van der Waals surface area (Å²) in [5.41, 5.74) is 12.1. The van der Waals surface area contributed by atoms with Crippen LogP contribution in [0.15, 0.2) is 247 Å². The Bertz CT molecular complexity index is 7720. The van der Waals surface area contributed by atoms with E-state index in [1.54, 1.807) is 74.4 Å². The molecule has 0 aromatic carbocycles. The minimum Gasteiger partial charge on any atom is -0.356 e. The second-order valence-corrected chi connectivity index (χ2v) is 38.1. The number of anilines is 5. The van der Waals surface area contributed by atoms with Crippen molar-refractivity contribution in [3.8, 4) is 63.7 Å². The molecule has 0 amide bonds. The van der Waals surface area contributed by atoms with Gasteiger partial charge in [0.2, 0.25) is 0 Å². The quantitative estimate of drug-likeness (QED) is 0.0636. The first-order chi connectivity index (χ1) is 70.2. The molecule has 0 radical (unpaired) electrons. The molecular formula is C97H95Br3F3N41. The molecule has 16 aromatic rings. The number of aromatic nitrogens is 27. The van der Waals surface area contributed by atoms with E-state index in [-0.39, 0.29) is 48.3 Å². The van der Waals surface area contributed by atoms with Crippen molar-refractivity contribution in [3.05, 3.63) is 244 Å². The Morgan fingerprint density at radius 1 is 0.431 bits per heavy atom. The smallest absolute Gasteiger partial charge is 0.356 e. The van der Waals surface area contributed by atoms with E-state index in [0.717, 1.165) is 192 Å². The summed E-state index contributed by atoms with van der Waals surface area (Å²) in [6.45, 7) is 20.9. The molecule has 5 saturated heterocycles. The third-order valence-corrected chi connectivity index (χ3v) is 27.5. The molecule has 47 heteroatoms. The first-order valence-electron chi connectivity index (χ1n) is 47.1. The number of hydrogen-bond acceptors (Lipinski definition) is 35. The normalized spacial score (nSPS) is 21.4. The van der Waals surface area contributed by atoms with Crippen LogP contribution in [0.4, 0.5) is 42.3 Å². The number of nitrogens with zero attached hydrogens (tertiary/aromatic N) is 36. The molecule has 9 aliphatic rings. The average molecular weight is 2130 g/mol. The first-order valence-corrected chi connectivity index (χ1v) is 49.4. The number of allylic oxidation sites excluding steroid dienone is 1. The summed E-state index contributed by atoms with van der Waals surface area (Å²) < 4.78 is 50.6. The van der Waals surface area contributed by atoms with Crippen LogP contribution in [0.2, 0.25) is 0 Å². The summed E-state index contributed by atoms with van der Waals surface area (Å²) in [6, 6.07) is 13.6. The minimum atomic E-state index is -4.56. The molecule has 144 heavy (non-hydrogen) atoms. The van der Waals surface area contributed by atoms with Crippen molar-refractivity contribution in [1.29, 1.82) is 5.26 Å². The maximum atomic E-state index is 13.2. The van der Waals surface area contributed by atoms with Crippen LogP contribution in [0.5, 0.6) is 0 Å². The van der Waals surface area contributed by atoms with Crippen LogP contribution < -0.4 is 45.8 Å². The lowest BCUT2D eigenvalue weighted by molar-refractivity contribution is -0.141. The van der Waals surface area contributed by atoms with E-state index in [1.165, 1.54) is 27.4 Å². The number of alkyl halides is 3. The summed E-state index contributed by atoms with van der Waals surface area (Å²) in [4.78, 5) is 117. The molecule has 10 unspecified atom stereocenters. The number of piperidine rings is 1. The average Bonchev–Trinajstić information content (AvgIpc) is 1.55. The second-order valence-electron chi connectivity index (χ2n) is 35.6. The number of aromatic amines is 1. The molecule has 16 aromatic heterocycles. The molecule has 10 atom stereocenters. The highest BCUT2D eigenvalue weighted by Crippen LogP contribution is 2.37. The van der Waals surface area contributed by atoms with Gasteiger partial charge in [-0.1, -0.05) is 24.3 Å². The van der Waals surface area contributed by atoms with Gasteiger partial charge in [0.05, 0.1) is 112 Å². The lowest BCUT2D eigenvalue weighted by Gasteiger charge is -2.44. The molecule has 25 heterocycles. The highest BCUT2D eigenvalue weighted by atomic mass is 79.9.